The summed E-state index contributed by atoms with van der Waals surface area (Å²) in [7, 11) is 0. The van der Waals surface area contributed by atoms with Crippen LogP contribution >= 0.6 is 0 Å². The molecule has 6 nitrogen and oxygen atoms in total. The van der Waals surface area contributed by atoms with Crippen molar-refractivity contribution in [3.63, 3.8) is 0 Å². The van der Waals surface area contributed by atoms with Crippen LogP contribution in [0.3, 0.4) is 0 Å². The molecule has 0 spiro atoms. The Labute approximate surface area is 178 Å². The van der Waals surface area contributed by atoms with Crippen LogP contribution in [-0.4, -0.2) is 54.6 Å². The Morgan fingerprint density at radius 2 is 1.67 bits per heavy atom. The van der Waals surface area contributed by atoms with Crippen LogP contribution in [0.2, 0.25) is 0 Å². The van der Waals surface area contributed by atoms with Gasteiger partial charge in [0.05, 0.1) is 6.61 Å². The van der Waals surface area contributed by atoms with Gasteiger partial charge < -0.3 is 19.3 Å². The molecule has 2 aromatic rings. The van der Waals surface area contributed by atoms with E-state index in [0.717, 1.165) is 12.0 Å². The summed E-state index contributed by atoms with van der Waals surface area (Å²) in [6, 6.07) is 17.2. The zero-order valence-corrected chi connectivity index (χ0v) is 17.8. The van der Waals surface area contributed by atoms with Crippen LogP contribution in [0.25, 0.3) is 0 Å². The van der Waals surface area contributed by atoms with E-state index in [1.54, 1.807) is 21.9 Å². The van der Waals surface area contributed by atoms with Crippen LogP contribution < -0.4 is 4.74 Å². The summed E-state index contributed by atoms with van der Waals surface area (Å²) >= 11 is 0. The van der Waals surface area contributed by atoms with E-state index < -0.39 is 0 Å². The summed E-state index contributed by atoms with van der Waals surface area (Å²) in [5.41, 5.74) is 1.67. The first-order chi connectivity index (χ1) is 14.5. The molecule has 3 rings (SSSR count). The summed E-state index contributed by atoms with van der Waals surface area (Å²) in [5.74, 6) is 0.923. The zero-order valence-electron chi connectivity index (χ0n) is 17.8. The van der Waals surface area contributed by atoms with Crippen molar-refractivity contribution in [2.45, 2.75) is 26.9 Å². The lowest BCUT2D eigenvalue weighted by Gasteiger charge is -2.22. The Hall–Kier alpha value is -3.02. The zero-order chi connectivity index (χ0) is 21.3. The quantitative estimate of drug-likeness (QED) is 0.716. The third-order valence-electron chi connectivity index (χ3n) is 4.91. The van der Waals surface area contributed by atoms with E-state index in [2.05, 4.69) is 0 Å². The maximum Gasteiger partial charge on any atom is 0.409 e. The first kappa shape index (κ1) is 21.7. The second-order valence-corrected chi connectivity index (χ2v) is 7.91. The standard InChI is InChI=1S/C24H30N2O4/c1-19(2)17-30-24(28)26-13-7-12-25(14-15-26)23(27)21-10-6-11-22(16-21)29-18-20-8-4-3-5-9-20/h3-6,8-11,16,19H,7,12-15,17-18H2,1-2H3. The van der Waals surface area contributed by atoms with Gasteiger partial charge in [-0.25, -0.2) is 4.79 Å². The van der Waals surface area contributed by atoms with Crippen LogP contribution in [0.4, 0.5) is 4.79 Å². The molecule has 1 aliphatic heterocycles. The molecule has 1 saturated heterocycles. The van der Waals surface area contributed by atoms with E-state index in [1.165, 1.54) is 0 Å². The van der Waals surface area contributed by atoms with Gasteiger partial charge in [-0.1, -0.05) is 50.2 Å². The van der Waals surface area contributed by atoms with Crippen LogP contribution in [-0.2, 0) is 11.3 Å². The second kappa shape index (κ2) is 10.7. The van der Waals surface area contributed by atoms with Crippen molar-refractivity contribution in [1.82, 2.24) is 9.80 Å². The molecule has 0 saturated carbocycles. The van der Waals surface area contributed by atoms with Gasteiger partial charge in [-0.15, -0.1) is 0 Å². The van der Waals surface area contributed by atoms with Gasteiger partial charge in [0.25, 0.3) is 5.91 Å². The summed E-state index contributed by atoms with van der Waals surface area (Å²) in [5, 5.41) is 0. The van der Waals surface area contributed by atoms with Crippen LogP contribution in [0, 0.1) is 5.92 Å². The molecule has 0 aliphatic carbocycles. The van der Waals surface area contributed by atoms with Gasteiger partial charge in [0.15, 0.2) is 0 Å². The summed E-state index contributed by atoms with van der Waals surface area (Å²) in [6.45, 7) is 7.06. The molecule has 0 unspecified atom stereocenters. The molecule has 0 atom stereocenters. The Bertz CT molecular complexity index is 838. The van der Waals surface area contributed by atoms with E-state index in [9.17, 15) is 9.59 Å². The third kappa shape index (κ3) is 6.24. The summed E-state index contributed by atoms with van der Waals surface area (Å²) in [4.78, 5) is 28.7. The number of nitrogens with zero attached hydrogens (tertiary/aromatic N) is 2. The monoisotopic (exact) mass is 410 g/mol. The molecule has 30 heavy (non-hydrogen) atoms. The number of rotatable bonds is 6. The van der Waals surface area contributed by atoms with E-state index in [4.69, 9.17) is 9.47 Å². The summed E-state index contributed by atoms with van der Waals surface area (Å²) in [6.07, 6.45) is 0.432. The lowest BCUT2D eigenvalue weighted by atomic mass is 10.2. The van der Waals surface area contributed by atoms with Crippen molar-refractivity contribution in [1.29, 1.82) is 0 Å². The number of hydrogen-bond acceptors (Lipinski definition) is 4. The molecule has 0 N–H and O–H groups in total. The van der Waals surface area contributed by atoms with Crippen molar-refractivity contribution in [3.8, 4) is 5.75 Å². The largest absolute Gasteiger partial charge is 0.489 e. The van der Waals surface area contributed by atoms with E-state index in [1.807, 2.05) is 56.3 Å². The number of hydrogen-bond donors (Lipinski definition) is 0. The highest BCUT2D eigenvalue weighted by atomic mass is 16.6. The van der Waals surface area contributed by atoms with Gasteiger partial charge in [0, 0.05) is 31.7 Å². The molecule has 0 bridgehead atoms. The predicted molar refractivity (Wildman–Crippen MR) is 115 cm³/mol. The molecule has 6 heteroatoms. The van der Waals surface area contributed by atoms with Gasteiger partial charge in [-0.2, -0.15) is 0 Å². The molecule has 0 radical (unpaired) electrons. The molecule has 2 aromatic carbocycles. The first-order valence-electron chi connectivity index (χ1n) is 10.5. The average molecular weight is 411 g/mol. The molecule has 2 amide bonds. The lowest BCUT2D eigenvalue weighted by Crippen LogP contribution is -2.37. The number of carbonyl (C=O) groups is 2. The maximum absolute atomic E-state index is 13.0. The van der Waals surface area contributed by atoms with E-state index in [-0.39, 0.29) is 12.0 Å². The predicted octanol–water partition coefficient (Wildman–Crippen LogP) is 4.21. The second-order valence-electron chi connectivity index (χ2n) is 7.91. The fraction of sp³-hybridized carbons (Fsp3) is 0.417. The molecule has 0 aromatic heterocycles. The molecule has 160 valence electrons. The van der Waals surface area contributed by atoms with Gasteiger partial charge in [0.1, 0.15) is 12.4 Å². The van der Waals surface area contributed by atoms with E-state index in [0.29, 0.717) is 56.6 Å². The topological polar surface area (TPSA) is 59.1 Å². The average Bonchev–Trinajstić information content (AvgIpc) is 3.03. The minimum atomic E-state index is -0.297. The normalized spacial score (nSPS) is 14.4. The fourth-order valence-electron chi connectivity index (χ4n) is 3.27. The van der Waals surface area contributed by atoms with Crippen molar-refractivity contribution >= 4 is 12.0 Å². The van der Waals surface area contributed by atoms with Crippen LogP contribution in [0.1, 0.15) is 36.2 Å². The third-order valence-corrected chi connectivity index (χ3v) is 4.91. The van der Waals surface area contributed by atoms with Gasteiger partial charge in [-0.05, 0) is 36.1 Å². The van der Waals surface area contributed by atoms with Crippen molar-refractivity contribution < 1.29 is 19.1 Å². The SMILES string of the molecule is CC(C)COC(=O)N1CCCN(C(=O)c2cccc(OCc3ccccc3)c2)CC1. The summed E-state index contributed by atoms with van der Waals surface area (Å²) < 4.78 is 11.2. The highest BCUT2D eigenvalue weighted by Crippen LogP contribution is 2.18. The molecule has 1 aliphatic rings. The van der Waals surface area contributed by atoms with Crippen LogP contribution in [0.5, 0.6) is 5.75 Å². The van der Waals surface area contributed by atoms with Crippen molar-refractivity contribution in [2.75, 3.05) is 32.8 Å². The number of ether oxygens (including phenoxy) is 2. The van der Waals surface area contributed by atoms with Crippen molar-refractivity contribution in [3.05, 3.63) is 65.7 Å². The smallest absolute Gasteiger partial charge is 0.409 e. The number of benzene rings is 2. The Morgan fingerprint density at radius 3 is 2.43 bits per heavy atom. The molecular formula is C24H30N2O4. The maximum atomic E-state index is 13.0. The molecule has 1 heterocycles. The Kier molecular flexibility index (Phi) is 7.71. The highest BCUT2D eigenvalue weighted by Gasteiger charge is 2.24. The van der Waals surface area contributed by atoms with E-state index >= 15 is 0 Å². The van der Waals surface area contributed by atoms with Crippen molar-refractivity contribution in [2.24, 2.45) is 5.92 Å². The Morgan fingerprint density at radius 1 is 0.933 bits per heavy atom. The lowest BCUT2D eigenvalue weighted by molar-refractivity contribution is 0.0746. The number of amides is 2. The minimum absolute atomic E-state index is 0.0439. The van der Waals surface area contributed by atoms with Gasteiger partial charge >= 0.3 is 6.09 Å². The van der Waals surface area contributed by atoms with Crippen LogP contribution in [0.15, 0.2) is 54.6 Å². The van der Waals surface area contributed by atoms with Gasteiger partial charge in [-0.3, -0.25) is 4.79 Å². The Balaban J connectivity index is 1.56. The van der Waals surface area contributed by atoms with Gasteiger partial charge in [0.2, 0.25) is 0 Å². The highest BCUT2D eigenvalue weighted by molar-refractivity contribution is 5.94. The number of carbonyl (C=O) groups excluding carboxylic acids is 2. The molecular weight excluding hydrogens is 380 g/mol. The first-order valence-corrected chi connectivity index (χ1v) is 10.5. The molecule has 1 fully saturated rings. The fourth-order valence-corrected chi connectivity index (χ4v) is 3.27. The minimum Gasteiger partial charge on any atom is -0.489 e.